The zero-order valence-corrected chi connectivity index (χ0v) is 55.1. The topological polar surface area (TPSA) is 251 Å². The van der Waals surface area contributed by atoms with Crippen molar-refractivity contribution in [3.8, 4) is 46.0 Å². The van der Waals surface area contributed by atoms with Crippen LogP contribution in [0.4, 0.5) is 0 Å². The standard InChI is InChI=1S/C72H88N6O16/c1-9-55(51-39-61(85-3)67(89-7)62(40-51)86-4)69(81)77-35-13-11-25-57(77)71(83)93-59(29-27-47-19-17-31-73-43-47)49-21-15-23-53(37-49)91-45-65(79)75-33-34-76-66(80)46-92-54-24-16-22-50(38-54)60(30-28-48-20-18-32-74-44-48)94-72(84)58-26-12-14-36-78(58)70(82)56(10-2)52-41-63(87-5)68(90-8)64(42-52)88-6/h15-24,31-32,37-44,55-60H,9-14,25-30,33-36,45-46H2,1-8H3,(H,75,79)(H,76,80)/t55-,56-,57-,58-,59+,60+/m0/s1. The molecule has 2 aliphatic rings. The van der Waals surface area contributed by atoms with Gasteiger partial charge in [-0.25, -0.2) is 9.59 Å². The number of rotatable bonds is 33. The number of esters is 2. The van der Waals surface area contributed by atoms with Gasteiger partial charge in [0.05, 0.1) is 54.5 Å². The number of amides is 4. The molecule has 2 aromatic heterocycles. The fourth-order valence-corrected chi connectivity index (χ4v) is 12.1. The van der Waals surface area contributed by atoms with Gasteiger partial charge >= 0.3 is 11.9 Å². The van der Waals surface area contributed by atoms with E-state index in [2.05, 4.69) is 20.6 Å². The number of nitrogens with one attached hydrogen (secondary N) is 2. The highest BCUT2D eigenvalue weighted by Crippen LogP contribution is 2.44. The summed E-state index contributed by atoms with van der Waals surface area (Å²) in [5, 5.41) is 5.53. The summed E-state index contributed by atoms with van der Waals surface area (Å²) in [6.07, 6.45) is 12.0. The number of piperidine rings is 2. The minimum absolute atomic E-state index is 0.0933. The van der Waals surface area contributed by atoms with E-state index in [0.29, 0.717) is 133 Å². The first kappa shape index (κ1) is 70.3. The molecule has 0 aliphatic carbocycles. The second-order valence-electron chi connectivity index (χ2n) is 23.0. The molecule has 22 heteroatoms. The molecule has 6 atom stereocenters. The normalized spacial score (nSPS) is 15.8. The highest BCUT2D eigenvalue weighted by molar-refractivity contribution is 5.90. The van der Waals surface area contributed by atoms with Crippen molar-refractivity contribution in [1.29, 1.82) is 0 Å². The first-order chi connectivity index (χ1) is 45.7. The number of benzene rings is 4. The molecule has 94 heavy (non-hydrogen) atoms. The summed E-state index contributed by atoms with van der Waals surface area (Å²) < 4.78 is 58.2. The molecule has 22 nitrogen and oxygen atoms in total. The number of hydrogen-bond donors (Lipinski definition) is 2. The lowest BCUT2D eigenvalue weighted by atomic mass is 9.91. The zero-order valence-electron chi connectivity index (χ0n) is 55.1. The molecular formula is C72H88N6O16. The number of carbonyl (C=O) groups excluding carboxylic acids is 6. The van der Waals surface area contributed by atoms with Crippen molar-refractivity contribution in [2.75, 3.05) is 82.1 Å². The van der Waals surface area contributed by atoms with Gasteiger partial charge in [0, 0.05) is 51.0 Å². The van der Waals surface area contributed by atoms with E-state index in [1.807, 2.05) is 50.2 Å². The average molecular weight is 1290 g/mol. The number of pyridine rings is 2. The van der Waals surface area contributed by atoms with Gasteiger partial charge in [0.1, 0.15) is 35.8 Å². The lowest BCUT2D eigenvalue weighted by molar-refractivity contribution is -0.162. The Bertz CT molecular complexity index is 3210. The van der Waals surface area contributed by atoms with Gasteiger partial charge in [-0.15, -0.1) is 0 Å². The average Bonchev–Trinajstić information content (AvgIpc) is 0.814. The van der Waals surface area contributed by atoms with Gasteiger partial charge in [-0.3, -0.25) is 29.1 Å². The lowest BCUT2D eigenvalue weighted by Gasteiger charge is -2.37. The van der Waals surface area contributed by atoms with E-state index in [0.717, 1.165) is 36.8 Å². The third-order valence-corrected chi connectivity index (χ3v) is 17.0. The maximum Gasteiger partial charge on any atom is 0.329 e. The lowest BCUT2D eigenvalue weighted by Crippen LogP contribution is -2.50. The van der Waals surface area contributed by atoms with Gasteiger partial charge in [0.2, 0.25) is 23.3 Å². The van der Waals surface area contributed by atoms with Crippen molar-refractivity contribution >= 4 is 35.6 Å². The summed E-state index contributed by atoms with van der Waals surface area (Å²) >= 11 is 0. The van der Waals surface area contributed by atoms with E-state index in [1.54, 1.807) is 95.3 Å². The Kier molecular flexibility index (Phi) is 26.5. The van der Waals surface area contributed by atoms with Crippen LogP contribution in [0, 0.1) is 0 Å². The first-order valence-corrected chi connectivity index (χ1v) is 32.1. The van der Waals surface area contributed by atoms with Gasteiger partial charge in [-0.05, 0) is 171 Å². The fraction of sp³-hybridized carbons (Fsp3) is 0.444. The van der Waals surface area contributed by atoms with Crippen LogP contribution in [0.2, 0.25) is 0 Å². The molecule has 4 heterocycles. The smallest absolute Gasteiger partial charge is 0.329 e. The van der Waals surface area contributed by atoms with E-state index >= 15 is 0 Å². The third kappa shape index (κ3) is 18.6. The van der Waals surface area contributed by atoms with Crippen molar-refractivity contribution < 1.29 is 76.1 Å². The van der Waals surface area contributed by atoms with Crippen molar-refractivity contribution in [1.82, 2.24) is 30.4 Å². The van der Waals surface area contributed by atoms with Gasteiger partial charge in [0.25, 0.3) is 11.8 Å². The number of aryl methyl sites for hydroxylation is 2. The highest BCUT2D eigenvalue weighted by Gasteiger charge is 2.40. The molecule has 0 unspecified atom stereocenters. The fourth-order valence-electron chi connectivity index (χ4n) is 12.1. The maximum atomic E-state index is 14.5. The van der Waals surface area contributed by atoms with Crippen molar-refractivity contribution in [3.05, 3.63) is 155 Å². The number of nitrogens with zero attached hydrogens (tertiary/aromatic N) is 4. The molecule has 0 spiro atoms. The van der Waals surface area contributed by atoms with E-state index < -0.39 is 59.9 Å². The van der Waals surface area contributed by atoms with Crippen molar-refractivity contribution in [2.45, 2.75) is 127 Å². The summed E-state index contributed by atoms with van der Waals surface area (Å²) in [7, 11) is 9.13. The summed E-state index contributed by atoms with van der Waals surface area (Å²) in [4.78, 5) is 96.0. The Labute approximate surface area is 550 Å². The molecule has 2 aliphatic heterocycles. The number of hydrogen-bond acceptors (Lipinski definition) is 18. The Balaban J connectivity index is 0.846. The SMILES string of the molecule is CC[C@H](C(=O)N1CCCC[C@H]1C(=O)O[C@H](CCc1cccnc1)c1cccc(OCC(=O)NCCNC(=O)COc2cccc([C@@H](CCc3cccnc3)OC(=O)[C@@H]3CCCCN3C(=O)[C@@H](CC)c3cc(OC)c(OC)c(OC)c3)c2)c1)c1cc(OC)c(OC)c(OC)c1. The molecule has 502 valence electrons. The number of aromatic nitrogens is 2. The number of methoxy groups -OCH3 is 6. The molecule has 0 saturated carbocycles. The Morgan fingerprint density at radius 3 is 1.22 bits per heavy atom. The van der Waals surface area contributed by atoms with E-state index in [9.17, 15) is 28.8 Å². The summed E-state index contributed by atoms with van der Waals surface area (Å²) in [6.45, 7) is 4.12. The minimum Gasteiger partial charge on any atom is -0.493 e. The molecule has 2 N–H and O–H groups in total. The second-order valence-corrected chi connectivity index (χ2v) is 23.0. The van der Waals surface area contributed by atoms with Crippen LogP contribution in [0.15, 0.2) is 122 Å². The molecule has 4 aromatic carbocycles. The molecule has 6 aromatic rings. The second kappa shape index (κ2) is 35.4. The van der Waals surface area contributed by atoms with Crippen molar-refractivity contribution in [2.24, 2.45) is 0 Å². The molecule has 8 rings (SSSR count). The monoisotopic (exact) mass is 1290 g/mol. The summed E-state index contributed by atoms with van der Waals surface area (Å²) in [6, 6.07) is 27.1. The number of carbonyl (C=O) groups is 6. The molecule has 0 radical (unpaired) electrons. The summed E-state index contributed by atoms with van der Waals surface area (Å²) in [5.74, 6) is -0.266. The predicted octanol–water partition coefficient (Wildman–Crippen LogP) is 9.80. The van der Waals surface area contributed by atoms with Crippen LogP contribution in [0.1, 0.15) is 135 Å². The van der Waals surface area contributed by atoms with Crippen LogP contribution in [-0.2, 0) is 51.1 Å². The Morgan fingerprint density at radius 2 is 0.883 bits per heavy atom. The maximum absolute atomic E-state index is 14.5. The van der Waals surface area contributed by atoms with Crippen LogP contribution >= 0.6 is 0 Å². The molecule has 2 fully saturated rings. The van der Waals surface area contributed by atoms with Gasteiger partial charge in [0.15, 0.2) is 36.2 Å². The summed E-state index contributed by atoms with van der Waals surface area (Å²) in [5.41, 5.74) is 4.52. The van der Waals surface area contributed by atoms with Crippen LogP contribution in [0.25, 0.3) is 0 Å². The largest absolute Gasteiger partial charge is 0.493 e. The number of ether oxygens (including phenoxy) is 10. The van der Waals surface area contributed by atoms with Crippen molar-refractivity contribution in [3.63, 3.8) is 0 Å². The molecule has 4 amide bonds. The van der Waals surface area contributed by atoms with Gasteiger partial charge in [-0.2, -0.15) is 0 Å². The molecular weight excluding hydrogens is 1200 g/mol. The minimum atomic E-state index is -0.825. The van der Waals surface area contributed by atoms with E-state index in [4.69, 9.17) is 47.4 Å². The third-order valence-electron chi connectivity index (χ3n) is 17.0. The zero-order chi connectivity index (χ0) is 66.9. The molecule has 2 saturated heterocycles. The van der Waals surface area contributed by atoms with E-state index in [1.165, 1.54) is 42.7 Å². The highest BCUT2D eigenvalue weighted by atomic mass is 16.6. The van der Waals surface area contributed by atoms with Crippen LogP contribution in [0.3, 0.4) is 0 Å². The molecule has 0 bridgehead atoms. The number of likely N-dealkylation sites (tertiary alicyclic amines) is 2. The first-order valence-electron chi connectivity index (χ1n) is 32.1. The predicted molar refractivity (Wildman–Crippen MR) is 350 cm³/mol. The Morgan fingerprint density at radius 1 is 0.489 bits per heavy atom. The van der Waals surface area contributed by atoms with Crippen LogP contribution < -0.4 is 48.5 Å². The van der Waals surface area contributed by atoms with Gasteiger partial charge in [-0.1, -0.05) is 50.2 Å². The van der Waals surface area contributed by atoms with Crippen LogP contribution in [-0.4, -0.2) is 149 Å². The van der Waals surface area contributed by atoms with Gasteiger partial charge < -0.3 is 67.8 Å². The van der Waals surface area contributed by atoms with E-state index in [-0.39, 0.29) is 38.1 Å². The quantitative estimate of drug-likeness (QED) is 0.0287. The van der Waals surface area contributed by atoms with Crippen LogP contribution in [0.5, 0.6) is 46.0 Å². The Hall–Kier alpha value is -9.60.